The van der Waals surface area contributed by atoms with E-state index in [0.717, 1.165) is 28.8 Å². The van der Waals surface area contributed by atoms with Crippen molar-refractivity contribution in [3.63, 3.8) is 0 Å². The van der Waals surface area contributed by atoms with Gasteiger partial charge in [-0.2, -0.15) is 0 Å². The van der Waals surface area contributed by atoms with Crippen molar-refractivity contribution in [2.24, 2.45) is 0 Å². The van der Waals surface area contributed by atoms with Crippen molar-refractivity contribution in [2.75, 3.05) is 6.54 Å². The van der Waals surface area contributed by atoms with Crippen molar-refractivity contribution in [1.82, 2.24) is 14.9 Å². The van der Waals surface area contributed by atoms with Gasteiger partial charge in [0, 0.05) is 29.7 Å². The molecule has 0 fully saturated rings. The van der Waals surface area contributed by atoms with Gasteiger partial charge >= 0.3 is 0 Å². The van der Waals surface area contributed by atoms with Gasteiger partial charge in [-0.15, -0.1) is 0 Å². The third kappa shape index (κ3) is 3.32. The molecule has 3 heterocycles. The molecule has 0 spiro atoms. The molecule has 0 amide bonds. The average molecular weight is 400 g/mol. The standard InChI is InChI=1S/C19H18BrN3O2/c1-12-4-5-13(15(20)9-12)10-23-7-6-14-16(11-23)21-18(22-19(14)24)17-3-2-8-25-17/h2-5,8-9H,6-7,10-11H2,1H3,(H,21,22,24). The van der Waals surface area contributed by atoms with Crippen molar-refractivity contribution in [1.29, 1.82) is 0 Å². The van der Waals surface area contributed by atoms with Crippen LogP contribution in [0.4, 0.5) is 0 Å². The van der Waals surface area contributed by atoms with Crippen LogP contribution in [0.25, 0.3) is 11.6 Å². The fourth-order valence-electron chi connectivity index (χ4n) is 3.18. The van der Waals surface area contributed by atoms with E-state index < -0.39 is 0 Å². The lowest BCUT2D eigenvalue weighted by Gasteiger charge is -2.28. The highest BCUT2D eigenvalue weighted by Crippen LogP contribution is 2.24. The Morgan fingerprint density at radius 3 is 3.00 bits per heavy atom. The van der Waals surface area contributed by atoms with Crippen LogP contribution in [0, 0.1) is 6.92 Å². The summed E-state index contributed by atoms with van der Waals surface area (Å²) >= 11 is 3.65. The van der Waals surface area contributed by atoms with Crippen LogP contribution in [0.1, 0.15) is 22.4 Å². The van der Waals surface area contributed by atoms with E-state index in [-0.39, 0.29) is 5.56 Å². The lowest BCUT2D eigenvalue weighted by atomic mass is 10.0. The molecule has 6 heteroatoms. The van der Waals surface area contributed by atoms with Crippen LogP contribution < -0.4 is 5.56 Å². The molecule has 1 aromatic carbocycles. The van der Waals surface area contributed by atoms with E-state index in [2.05, 4.69) is 55.9 Å². The number of nitrogens with one attached hydrogen (secondary N) is 1. The molecule has 0 radical (unpaired) electrons. The summed E-state index contributed by atoms with van der Waals surface area (Å²) in [5.41, 5.74) is 4.03. The summed E-state index contributed by atoms with van der Waals surface area (Å²) < 4.78 is 6.48. The molecule has 0 unspecified atom stereocenters. The molecule has 0 bridgehead atoms. The molecule has 1 N–H and O–H groups in total. The van der Waals surface area contributed by atoms with Crippen molar-refractivity contribution in [3.8, 4) is 11.6 Å². The third-order valence-electron chi connectivity index (χ3n) is 4.51. The Labute approximate surface area is 153 Å². The predicted molar refractivity (Wildman–Crippen MR) is 99.3 cm³/mol. The first-order valence-electron chi connectivity index (χ1n) is 8.23. The number of furan rings is 1. The highest BCUT2D eigenvalue weighted by Gasteiger charge is 2.22. The molecular formula is C19H18BrN3O2. The van der Waals surface area contributed by atoms with E-state index in [1.807, 2.05) is 0 Å². The number of fused-ring (bicyclic) bond motifs is 1. The summed E-state index contributed by atoms with van der Waals surface area (Å²) in [4.78, 5) is 22.2. The maximum atomic E-state index is 12.4. The first-order chi connectivity index (χ1) is 12.1. The molecule has 128 valence electrons. The van der Waals surface area contributed by atoms with Gasteiger partial charge in [0.2, 0.25) is 0 Å². The molecule has 4 rings (SSSR count). The molecular weight excluding hydrogens is 382 g/mol. The zero-order chi connectivity index (χ0) is 17.4. The number of nitrogens with zero attached hydrogens (tertiary/aromatic N) is 2. The Bertz CT molecular complexity index is 963. The van der Waals surface area contributed by atoms with E-state index in [1.54, 1.807) is 18.4 Å². The number of aryl methyl sites for hydroxylation is 1. The number of hydrogen-bond acceptors (Lipinski definition) is 4. The van der Waals surface area contributed by atoms with Gasteiger partial charge in [0.25, 0.3) is 5.56 Å². The number of benzene rings is 1. The molecule has 0 aliphatic carbocycles. The van der Waals surface area contributed by atoms with Crippen LogP contribution in [-0.4, -0.2) is 21.4 Å². The fourth-order valence-corrected chi connectivity index (χ4v) is 3.80. The second kappa shape index (κ2) is 6.61. The number of aromatic amines is 1. The van der Waals surface area contributed by atoms with Crippen molar-refractivity contribution >= 4 is 15.9 Å². The zero-order valence-corrected chi connectivity index (χ0v) is 15.5. The van der Waals surface area contributed by atoms with Gasteiger partial charge in [-0.1, -0.05) is 28.1 Å². The summed E-state index contributed by atoms with van der Waals surface area (Å²) in [5, 5.41) is 0. The Kier molecular flexibility index (Phi) is 4.31. The lowest BCUT2D eigenvalue weighted by molar-refractivity contribution is 0.240. The number of H-pyrrole nitrogens is 1. The normalized spacial score (nSPS) is 14.5. The van der Waals surface area contributed by atoms with E-state index in [4.69, 9.17) is 4.42 Å². The minimum Gasteiger partial charge on any atom is -0.461 e. The summed E-state index contributed by atoms with van der Waals surface area (Å²) in [6.07, 6.45) is 2.29. The second-order valence-corrected chi connectivity index (χ2v) is 7.23. The highest BCUT2D eigenvalue weighted by atomic mass is 79.9. The van der Waals surface area contributed by atoms with E-state index >= 15 is 0 Å². The van der Waals surface area contributed by atoms with Gasteiger partial charge < -0.3 is 9.40 Å². The fraction of sp³-hybridized carbons (Fsp3) is 0.263. The Morgan fingerprint density at radius 2 is 2.24 bits per heavy atom. The molecule has 5 nitrogen and oxygen atoms in total. The average Bonchev–Trinajstić information content (AvgIpc) is 3.12. The van der Waals surface area contributed by atoms with E-state index in [1.165, 1.54) is 11.1 Å². The van der Waals surface area contributed by atoms with Gasteiger partial charge in [0.15, 0.2) is 11.6 Å². The van der Waals surface area contributed by atoms with Crippen LogP contribution in [0.15, 0.2) is 50.3 Å². The SMILES string of the molecule is Cc1ccc(CN2CCc3c(nc(-c4ccco4)[nH]c3=O)C2)c(Br)c1. The maximum absolute atomic E-state index is 12.4. The van der Waals surface area contributed by atoms with Crippen LogP contribution in [0.3, 0.4) is 0 Å². The number of hydrogen-bond donors (Lipinski definition) is 1. The minimum absolute atomic E-state index is 0.0624. The van der Waals surface area contributed by atoms with E-state index in [9.17, 15) is 4.79 Å². The van der Waals surface area contributed by atoms with Gasteiger partial charge in [-0.05, 0) is 42.7 Å². The maximum Gasteiger partial charge on any atom is 0.254 e. The minimum atomic E-state index is -0.0624. The summed E-state index contributed by atoms with van der Waals surface area (Å²) in [6.45, 7) is 4.41. The van der Waals surface area contributed by atoms with E-state index in [0.29, 0.717) is 24.6 Å². The highest BCUT2D eigenvalue weighted by molar-refractivity contribution is 9.10. The Morgan fingerprint density at radius 1 is 1.36 bits per heavy atom. The summed E-state index contributed by atoms with van der Waals surface area (Å²) in [5.74, 6) is 1.07. The van der Waals surface area contributed by atoms with Crippen LogP contribution in [0.2, 0.25) is 0 Å². The zero-order valence-electron chi connectivity index (χ0n) is 13.9. The first-order valence-corrected chi connectivity index (χ1v) is 9.03. The first kappa shape index (κ1) is 16.3. The number of halogens is 1. The topological polar surface area (TPSA) is 62.1 Å². The summed E-state index contributed by atoms with van der Waals surface area (Å²) in [6, 6.07) is 9.99. The molecule has 0 saturated carbocycles. The second-order valence-electron chi connectivity index (χ2n) is 6.37. The molecule has 3 aromatic rings. The van der Waals surface area contributed by atoms with Crippen molar-refractivity contribution in [2.45, 2.75) is 26.4 Å². The van der Waals surface area contributed by atoms with Gasteiger partial charge in [0.05, 0.1) is 12.0 Å². The largest absolute Gasteiger partial charge is 0.461 e. The summed E-state index contributed by atoms with van der Waals surface area (Å²) in [7, 11) is 0. The number of aromatic nitrogens is 2. The molecule has 0 atom stereocenters. The quantitative estimate of drug-likeness (QED) is 0.729. The van der Waals surface area contributed by atoms with Crippen molar-refractivity contribution < 1.29 is 4.42 Å². The molecule has 1 aliphatic rings. The van der Waals surface area contributed by atoms with Crippen LogP contribution in [-0.2, 0) is 19.5 Å². The van der Waals surface area contributed by atoms with Gasteiger partial charge in [0.1, 0.15) is 0 Å². The lowest BCUT2D eigenvalue weighted by Crippen LogP contribution is -2.35. The predicted octanol–water partition coefficient (Wildman–Crippen LogP) is 3.66. The van der Waals surface area contributed by atoms with Crippen molar-refractivity contribution in [3.05, 3.63) is 73.8 Å². The van der Waals surface area contributed by atoms with Crippen LogP contribution >= 0.6 is 15.9 Å². The monoisotopic (exact) mass is 399 g/mol. The smallest absolute Gasteiger partial charge is 0.254 e. The Hall–Kier alpha value is -2.18. The van der Waals surface area contributed by atoms with Gasteiger partial charge in [-0.25, -0.2) is 4.98 Å². The Balaban J connectivity index is 1.61. The molecule has 1 aliphatic heterocycles. The molecule has 0 saturated heterocycles. The molecule has 25 heavy (non-hydrogen) atoms. The molecule has 2 aromatic heterocycles. The van der Waals surface area contributed by atoms with Crippen LogP contribution in [0.5, 0.6) is 0 Å². The van der Waals surface area contributed by atoms with Gasteiger partial charge in [-0.3, -0.25) is 9.69 Å². The third-order valence-corrected chi connectivity index (χ3v) is 5.25. The number of rotatable bonds is 3.